The third kappa shape index (κ3) is 3.77. The zero-order valence-electron chi connectivity index (χ0n) is 10.9. The zero-order valence-corrected chi connectivity index (χ0v) is 10.9. The number of hydrogen-bond acceptors (Lipinski definition) is 3. The van der Waals surface area contributed by atoms with Crippen molar-refractivity contribution in [1.29, 1.82) is 5.26 Å². The summed E-state index contributed by atoms with van der Waals surface area (Å²) in [4.78, 5) is 2.43. The van der Waals surface area contributed by atoms with Crippen molar-refractivity contribution >= 4 is 0 Å². The van der Waals surface area contributed by atoms with Crippen LogP contribution in [0.2, 0.25) is 0 Å². The standard InChI is InChI=1S/C13H25N3/c1-4-13(11-14,15-5-2)9-6-10-16(3)12-7-8-12/h12,15H,4-10H2,1-3H3. The molecule has 16 heavy (non-hydrogen) atoms. The number of rotatable bonds is 8. The van der Waals surface area contributed by atoms with Crippen molar-refractivity contribution < 1.29 is 0 Å². The Labute approximate surface area is 99.8 Å². The van der Waals surface area contributed by atoms with Gasteiger partial charge < -0.3 is 4.90 Å². The van der Waals surface area contributed by atoms with E-state index in [0.717, 1.165) is 38.4 Å². The van der Waals surface area contributed by atoms with Gasteiger partial charge in [0.1, 0.15) is 5.54 Å². The number of nitriles is 1. The molecule has 1 fully saturated rings. The summed E-state index contributed by atoms with van der Waals surface area (Å²) in [6.45, 7) is 6.16. The molecule has 92 valence electrons. The highest BCUT2D eigenvalue weighted by Crippen LogP contribution is 2.26. The summed E-state index contributed by atoms with van der Waals surface area (Å²) in [5, 5.41) is 12.6. The molecule has 1 rings (SSSR count). The van der Waals surface area contributed by atoms with Gasteiger partial charge in [0.2, 0.25) is 0 Å². The van der Waals surface area contributed by atoms with Gasteiger partial charge >= 0.3 is 0 Å². The van der Waals surface area contributed by atoms with Gasteiger partial charge in [-0.15, -0.1) is 0 Å². The molecule has 1 atom stereocenters. The summed E-state index contributed by atoms with van der Waals surface area (Å²) < 4.78 is 0. The highest BCUT2D eigenvalue weighted by Gasteiger charge is 2.28. The molecule has 0 amide bonds. The lowest BCUT2D eigenvalue weighted by atomic mass is 9.92. The van der Waals surface area contributed by atoms with Crippen molar-refractivity contribution in [3.05, 3.63) is 0 Å². The molecule has 0 spiro atoms. The molecule has 1 saturated carbocycles. The monoisotopic (exact) mass is 223 g/mol. The molecule has 0 radical (unpaired) electrons. The van der Waals surface area contributed by atoms with E-state index in [1.807, 2.05) is 0 Å². The molecule has 0 aromatic heterocycles. The highest BCUT2D eigenvalue weighted by molar-refractivity contribution is 5.06. The first kappa shape index (κ1) is 13.5. The van der Waals surface area contributed by atoms with E-state index in [1.165, 1.54) is 12.8 Å². The largest absolute Gasteiger partial charge is 0.303 e. The van der Waals surface area contributed by atoms with Gasteiger partial charge in [-0.1, -0.05) is 13.8 Å². The van der Waals surface area contributed by atoms with Crippen LogP contribution in [0.25, 0.3) is 0 Å². The van der Waals surface area contributed by atoms with Gasteiger partial charge in [0.05, 0.1) is 6.07 Å². The van der Waals surface area contributed by atoms with Crippen LogP contribution in [-0.4, -0.2) is 36.6 Å². The minimum atomic E-state index is -0.293. The van der Waals surface area contributed by atoms with E-state index in [2.05, 4.69) is 37.2 Å². The van der Waals surface area contributed by atoms with Gasteiger partial charge in [0.15, 0.2) is 0 Å². The fourth-order valence-corrected chi connectivity index (χ4v) is 2.23. The van der Waals surface area contributed by atoms with Crippen molar-refractivity contribution in [2.24, 2.45) is 0 Å². The van der Waals surface area contributed by atoms with E-state index in [4.69, 9.17) is 0 Å². The summed E-state index contributed by atoms with van der Waals surface area (Å²) in [6, 6.07) is 3.29. The molecule has 0 saturated heterocycles. The van der Waals surface area contributed by atoms with Crippen LogP contribution in [0.1, 0.15) is 46.0 Å². The second kappa shape index (κ2) is 6.22. The summed E-state index contributed by atoms with van der Waals surface area (Å²) >= 11 is 0. The number of hydrogen-bond donors (Lipinski definition) is 1. The van der Waals surface area contributed by atoms with Gasteiger partial charge in [0, 0.05) is 6.04 Å². The Balaban J connectivity index is 2.28. The predicted molar refractivity (Wildman–Crippen MR) is 67.2 cm³/mol. The van der Waals surface area contributed by atoms with E-state index < -0.39 is 0 Å². The zero-order chi connectivity index (χ0) is 12.0. The van der Waals surface area contributed by atoms with Crippen LogP contribution in [0.5, 0.6) is 0 Å². The Bertz CT molecular complexity index is 242. The molecule has 1 unspecified atom stereocenters. The topological polar surface area (TPSA) is 39.1 Å². The van der Waals surface area contributed by atoms with E-state index >= 15 is 0 Å². The van der Waals surface area contributed by atoms with Crippen molar-refractivity contribution in [2.75, 3.05) is 20.1 Å². The van der Waals surface area contributed by atoms with E-state index in [-0.39, 0.29) is 5.54 Å². The van der Waals surface area contributed by atoms with Gasteiger partial charge in [0.25, 0.3) is 0 Å². The molecule has 1 aliphatic carbocycles. The molecule has 0 aliphatic heterocycles. The van der Waals surface area contributed by atoms with Crippen LogP contribution in [0.4, 0.5) is 0 Å². The third-order valence-corrected chi connectivity index (χ3v) is 3.62. The van der Waals surface area contributed by atoms with Gasteiger partial charge in [-0.25, -0.2) is 0 Å². The first-order valence-electron chi connectivity index (χ1n) is 6.54. The Morgan fingerprint density at radius 2 is 2.12 bits per heavy atom. The molecule has 0 aromatic rings. The van der Waals surface area contributed by atoms with E-state index in [9.17, 15) is 5.26 Å². The Kier molecular flexibility index (Phi) is 5.24. The van der Waals surface area contributed by atoms with Gasteiger partial charge in [-0.05, 0) is 52.2 Å². The second-order valence-electron chi connectivity index (χ2n) is 4.89. The smallest absolute Gasteiger partial charge is 0.106 e. The highest BCUT2D eigenvalue weighted by atomic mass is 15.1. The van der Waals surface area contributed by atoms with Crippen LogP contribution in [0.15, 0.2) is 0 Å². The molecule has 3 heteroatoms. The van der Waals surface area contributed by atoms with Crippen LogP contribution >= 0.6 is 0 Å². The maximum Gasteiger partial charge on any atom is 0.106 e. The lowest BCUT2D eigenvalue weighted by molar-refractivity contribution is 0.289. The lowest BCUT2D eigenvalue weighted by Crippen LogP contribution is -2.43. The van der Waals surface area contributed by atoms with E-state index in [0.29, 0.717) is 0 Å². The van der Waals surface area contributed by atoms with Crippen LogP contribution in [-0.2, 0) is 0 Å². The summed E-state index contributed by atoms with van der Waals surface area (Å²) in [5.41, 5.74) is -0.293. The van der Waals surface area contributed by atoms with Crippen LogP contribution in [0.3, 0.4) is 0 Å². The first-order chi connectivity index (χ1) is 7.67. The lowest BCUT2D eigenvalue weighted by Gasteiger charge is -2.27. The average Bonchev–Trinajstić information content (AvgIpc) is 3.11. The molecule has 0 aromatic carbocycles. The van der Waals surface area contributed by atoms with Crippen molar-refractivity contribution in [3.8, 4) is 6.07 Å². The van der Waals surface area contributed by atoms with Crippen molar-refractivity contribution in [2.45, 2.75) is 57.5 Å². The van der Waals surface area contributed by atoms with Crippen molar-refractivity contribution in [3.63, 3.8) is 0 Å². The SMILES string of the molecule is CCNC(C#N)(CC)CCCN(C)C1CC1. The maximum atomic E-state index is 9.27. The Hall–Kier alpha value is -0.590. The first-order valence-corrected chi connectivity index (χ1v) is 6.54. The fraction of sp³-hybridized carbons (Fsp3) is 0.923. The molecule has 0 bridgehead atoms. The molecule has 1 aliphatic rings. The average molecular weight is 223 g/mol. The summed E-state index contributed by atoms with van der Waals surface area (Å²) in [5.74, 6) is 0. The second-order valence-corrected chi connectivity index (χ2v) is 4.89. The Morgan fingerprint density at radius 1 is 1.44 bits per heavy atom. The van der Waals surface area contributed by atoms with Crippen LogP contribution in [0, 0.1) is 11.3 Å². The minimum absolute atomic E-state index is 0.293. The summed E-state index contributed by atoms with van der Waals surface area (Å²) in [6.07, 6.45) is 5.69. The molecule has 1 N–H and O–H groups in total. The fourth-order valence-electron chi connectivity index (χ4n) is 2.23. The molecule has 3 nitrogen and oxygen atoms in total. The normalized spacial score (nSPS) is 19.4. The van der Waals surface area contributed by atoms with Gasteiger partial charge in [-0.3, -0.25) is 5.32 Å². The molecular weight excluding hydrogens is 198 g/mol. The van der Waals surface area contributed by atoms with Crippen molar-refractivity contribution in [1.82, 2.24) is 10.2 Å². The minimum Gasteiger partial charge on any atom is -0.303 e. The summed E-state index contributed by atoms with van der Waals surface area (Å²) in [7, 11) is 2.20. The Morgan fingerprint density at radius 3 is 2.56 bits per heavy atom. The molecule has 0 heterocycles. The third-order valence-electron chi connectivity index (χ3n) is 3.62. The quantitative estimate of drug-likeness (QED) is 0.685. The molecular formula is C13H25N3. The predicted octanol–water partition coefficient (Wildman–Crippen LogP) is 2.14. The number of nitrogens with zero attached hydrogens (tertiary/aromatic N) is 2. The van der Waals surface area contributed by atoms with Gasteiger partial charge in [-0.2, -0.15) is 5.26 Å². The van der Waals surface area contributed by atoms with E-state index in [1.54, 1.807) is 0 Å². The number of nitrogens with one attached hydrogen (secondary N) is 1. The van der Waals surface area contributed by atoms with Crippen LogP contribution < -0.4 is 5.32 Å². The maximum absolute atomic E-state index is 9.27.